The summed E-state index contributed by atoms with van der Waals surface area (Å²) in [7, 11) is 1.76. The first-order valence-electron chi connectivity index (χ1n) is 5.15. The smallest absolute Gasteiger partial charge is 0.225 e. The topological polar surface area (TPSA) is 72.9 Å². The molecule has 0 aromatic carbocycles. The molecule has 0 unspecified atom stereocenters. The highest BCUT2D eigenvalue weighted by Crippen LogP contribution is 2.20. The van der Waals surface area contributed by atoms with Gasteiger partial charge in [-0.2, -0.15) is 5.10 Å². The third kappa shape index (κ3) is 2.71. The van der Waals surface area contributed by atoms with E-state index < -0.39 is 0 Å². The lowest BCUT2D eigenvalue weighted by Crippen LogP contribution is -2.14. The molecule has 0 radical (unpaired) electrons. The Morgan fingerprint density at radius 1 is 1.60 bits per heavy atom. The van der Waals surface area contributed by atoms with Crippen LogP contribution in [0.3, 0.4) is 0 Å². The average molecular weight is 210 g/mol. The molecule has 1 heterocycles. The zero-order valence-corrected chi connectivity index (χ0v) is 9.50. The summed E-state index contributed by atoms with van der Waals surface area (Å²) >= 11 is 0. The van der Waals surface area contributed by atoms with Crippen LogP contribution in [0.1, 0.15) is 31.9 Å². The fraction of sp³-hybridized carbons (Fsp3) is 0.600. The maximum Gasteiger partial charge on any atom is 0.225 e. The van der Waals surface area contributed by atoms with Gasteiger partial charge in [-0.25, -0.2) is 0 Å². The maximum absolute atomic E-state index is 11.5. The summed E-state index contributed by atoms with van der Waals surface area (Å²) < 4.78 is 1.59. The molecule has 0 saturated carbocycles. The fourth-order valence-corrected chi connectivity index (χ4v) is 1.35. The quantitative estimate of drug-likeness (QED) is 0.789. The van der Waals surface area contributed by atoms with Crippen molar-refractivity contribution in [3.63, 3.8) is 0 Å². The van der Waals surface area contributed by atoms with Gasteiger partial charge in [-0.05, 0) is 13.3 Å². The molecule has 0 aliphatic heterocycles. The molecule has 15 heavy (non-hydrogen) atoms. The Balaban J connectivity index is 2.68. The van der Waals surface area contributed by atoms with Crippen molar-refractivity contribution in [2.45, 2.75) is 33.1 Å². The fourth-order valence-electron chi connectivity index (χ4n) is 1.35. The highest BCUT2D eigenvalue weighted by molar-refractivity contribution is 5.92. The normalized spacial score (nSPS) is 10.3. The summed E-state index contributed by atoms with van der Waals surface area (Å²) in [6.45, 7) is 3.87. The number of nitrogens with two attached hydrogens (primary N) is 1. The van der Waals surface area contributed by atoms with E-state index in [2.05, 4.69) is 17.3 Å². The van der Waals surface area contributed by atoms with Gasteiger partial charge in [0.25, 0.3) is 0 Å². The molecule has 0 spiro atoms. The summed E-state index contributed by atoms with van der Waals surface area (Å²) in [6, 6.07) is 0. The summed E-state index contributed by atoms with van der Waals surface area (Å²) in [5, 5.41) is 6.89. The number of aromatic nitrogens is 2. The lowest BCUT2D eigenvalue weighted by molar-refractivity contribution is -0.116. The Bertz CT molecular complexity index is 357. The van der Waals surface area contributed by atoms with Crippen molar-refractivity contribution in [1.82, 2.24) is 9.78 Å². The number of carbonyl (C=O) groups excluding carboxylic acids is 1. The van der Waals surface area contributed by atoms with Crippen LogP contribution in [0.15, 0.2) is 0 Å². The van der Waals surface area contributed by atoms with Crippen molar-refractivity contribution < 1.29 is 4.79 Å². The molecule has 1 amide bonds. The van der Waals surface area contributed by atoms with E-state index in [9.17, 15) is 4.79 Å². The Hall–Kier alpha value is -1.52. The predicted octanol–water partition coefficient (Wildman–Crippen LogP) is 1.44. The van der Waals surface area contributed by atoms with E-state index in [0.717, 1.165) is 18.5 Å². The monoisotopic (exact) mass is 210 g/mol. The van der Waals surface area contributed by atoms with Gasteiger partial charge in [0.2, 0.25) is 5.91 Å². The molecule has 5 heteroatoms. The van der Waals surface area contributed by atoms with Crippen LogP contribution in [-0.2, 0) is 11.8 Å². The minimum absolute atomic E-state index is 0.00782. The van der Waals surface area contributed by atoms with Gasteiger partial charge < -0.3 is 11.1 Å². The van der Waals surface area contributed by atoms with Crippen molar-refractivity contribution in [2.24, 2.45) is 7.05 Å². The molecule has 0 aliphatic rings. The number of nitrogen functional groups attached to an aromatic ring is 1. The molecule has 0 aliphatic carbocycles. The third-order valence-corrected chi connectivity index (χ3v) is 2.28. The van der Waals surface area contributed by atoms with Gasteiger partial charge in [-0.3, -0.25) is 9.48 Å². The second kappa shape index (κ2) is 4.82. The first-order chi connectivity index (χ1) is 7.06. The number of aryl methyl sites for hydroxylation is 2. The average Bonchev–Trinajstić information content (AvgIpc) is 2.42. The summed E-state index contributed by atoms with van der Waals surface area (Å²) in [6.07, 6.45) is 2.43. The van der Waals surface area contributed by atoms with E-state index in [4.69, 9.17) is 5.73 Å². The molecule has 84 valence electrons. The Labute approximate surface area is 89.6 Å². The number of hydrogen-bond acceptors (Lipinski definition) is 3. The Morgan fingerprint density at radius 3 is 2.73 bits per heavy atom. The number of carbonyl (C=O) groups is 1. The molecular formula is C10H18N4O. The number of hydrogen-bond donors (Lipinski definition) is 2. The van der Waals surface area contributed by atoms with Gasteiger partial charge in [0.1, 0.15) is 0 Å². The Kier molecular flexibility index (Phi) is 3.71. The highest BCUT2D eigenvalue weighted by Gasteiger charge is 2.12. The molecule has 1 aromatic rings. The lowest BCUT2D eigenvalue weighted by atomic mass is 10.2. The summed E-state index contributed by atoms with van der Waals surface area (Å²) in [5.74, 6) is 0.583. The molecule has 1 aromatic heterocycles. The van der Waals surface area contributed by atoms with Gasteiger partial charge in [-0.1, -0.05) is 13.3 Å². The van der Waals surface area contributed by atoms with E-state index >= 15 is 0 Å². The number of nitrogens with zero attached hydrogens (tertiary/aromatic N) is 2. The zero-order valence-electron chi connectivity index (χ0n) is 9.50. The van der Waals surface area contributed by atoms with Gasteiger partial charge in [-0.15, -0.1) is 0 Å². The van der Waals surface area contributed by atoms with Crippen LogP contribution in [0.5, 0.6) is 0 Å². The van der Waals surface area contributed by atoms with E-state index in [1.165, 1.54) is 0 Å². The number of rotatable bonds is 4. The molecular weight excluding hydrogens is 192 g/mol. The van der Waals surface area contributed by atoms with Crippen LogP contribution >= 0.6 is 0 Å². The minimum Gasteiger partial charge on any atom is -0.394 e. The van der Waals surface area contributed by atoms with Crippen molar-refractivity contribution in [1.29, 1.82) is 0 Å². The largest absolute Gasteiger partial charge is 0.394 e. The van der Waals surface area contributed by atoms with Crippen LogP contribution in [0.25, 0.3) is 0 Å². The van der Waals surface area contributed by atoms with E-state index in [1.807, 2.05) is 6.92 Å². The van der Waals surface area contributed by atoms with Crippen molar-refractivity contribution >= 4 is 17.4 Å². The van der Waals surface area contributed by atoms with Crippen molar-refractivity contribution in [3.05, 3.63) is 5.69 Å². The van der Waals surface area contributed by atoms with E-state index in [0.29, 0.717) is 17.9 Å². The molecule has 0 saturated heterocycles. The van der Waals surface area contributed by atoms with Crippen LogP contribution in [0, 0.1) is 6.92 Å². The van der Waals surface area contributed by atoms with Gasteiger partial charge in [0.15, 0.2) is 5.82 Å². The second-order valence-electron chi connectivity index (χ2n) is 3.62. The van der Waals surface area contributed by atoms with Crippen LogP contribution in [0.4, 0.5) is 11.5 Å². The van der Waals surface area contributed by atoms with Crippen LogP contribution in [0.2, 0.25) is 0 Å². The van der Waals surface area contributed by atoms with Crippen molar-refractivity contribution in [3.8, 4) is 0 Å². The van der Waals surface area contributed by atoms with Gasteiger partial charge in [0, 0.05) is 13.5 Å². The summed E-state index contributed by atoms with van der Waals surface area (Å²) in [5.41, 5.74) is 7.07. The third-order valence-electron chi connectivity index (χ3n) is 2.28. The maximum atomic E-state index is 11.5. The van der Waals surface area contributed by atoms with Gasteiger partial charge in [0.05, 0.1) is 11.4 Å². The Morgan fingerprint density at radius 2 is 2.27 bits per heavy atom. The first-order valence-corrected chi connectivity index (χ1v) is 5.15. The molecule has 0 atom stereocenters. The van der Waals surface area contributed by atoms with E-state index in [1.54, 1.807) is 11.7 Å². The molecule has 3 N–H and O–H groups in total. The standard InChI is InChI=1S/C10H18N4O/c1-4-5-6-8(15)12-10-9(11)7(2)13-14(10)3/h4-6,11H2,1-3H3,(H,12,15). The SMILES string of the molecule is CCCCC(=O)Nc1c(N)c(C)nn1C. The predicted molar refractivity (Wildman–Crippen MR) is 60.5 cm³/mol. The zero-order chi connectivity index (χ0) is 11.4. The molecule has 5 nitrogen and oxygen atoms in total. The number of anilines is 2. The van der Waals surface area contributed by atoms with Crippen LogP contribution in [-0.4, -0.2) is 15.7 Å². The number of nitrogens with one attached hydrogen (secondary N) is 1. The van der Waals surface area contributed by atoms with E-state index in [-0.39, 0.29) is 5.91 Å². The van der Waals surface area contributed by atoms with Gasteiger partial charge >= 0.3 is 0 Å². The minimum atomic E-state index is -0.00782. The first kappa shape index (κ1) is 11.6. The second-order valence-corrected chi connectivity index (χ2v) is 3.62. The molecule has 1 rings (SSSR count). The summed E-state index contributed by atoms with van der Waals surface area (Å²) in [4.78, 5) is 11.5. The highest BCUT2D eigenvalue weighted by atomic mass is 16.1. The van der Waals surface area contributed by atoms with Crippen LogP contribution < -0.4 is 11.1 Å². The number of amides is 1. The molecule has 0 bridgehead atoms. The lowest BCUT2D eigenvalue weighted by Gasteiger charge is -2.05. The van der Waals surface area contributed by atoms with Crippen molar-refractivity contribution in [2.75, 3.05) is 11.1 Å². The number of unbranched alkanes of at least 4 members (excludes halogenated alkanes) is 1. The molecule has 0 fully saturated rings.